The summed E-state index contributed by atoms with van der Waals surface area (Å²) in [5.74, 6) is -0.619. The largest absolute Gasteiger partial charge is 0.416 e. The van der Waals surface area contributed by atoms with Crippen LogP contribution in [0.1, 0.15) is 32.6 Å². The molecule has 0 aliphatic heterocycles. The van der Waals surface area contributed by atoms with Crippen LogP contribution in [0.3, 0.4) is 0 Å². The Hall–Kier alpha value is -3.12. The highest BCUT2D eigenvalue weighted by molar-refractivity contribution is 5.94. The molecule has 0 saturated heterocycles. The van der Waals surface area contributed by atoms with Gasteiger partial charge in [0.15, 0.2) is 0 Å². The van der Waals surface area contributed by atoms with Gasteiger partial charge in [-0.1, -0.05) is 48.5 Å². The molecule has 0 spiro atoms. The molecule has 3 aromatic rings. The number of halogens is 3. The quantitative estimate of drug-likeness (QED) is 0.639. The maximum absolute atomic E-state index is 13.8. The van der Waals surface area contributed by atoms with Crippen molar-refractivity contribution in [1.29, 1.82) is 0 Å². The summed E-state index contributed by atoms with van der Waals surface area (Å²) >= 11 is 0. The lowest BCUT2D eigenvalue weighted by molar-refractivity contribution is -0.138. The van der Waals surface area contributed by atoms with Crippen molar-refractivity contribution >= 4 is 5.91 Å². The number of rotatable bonds is 5. The minimum Gasteiger partial charge on any atom is -0.366 e. The summed E-state index contributed by atoms with van der Waals surface area (Å²) in [5.41, 5.74) is 8.47. The molecule has 1 aliphatic rings. The van der Waals surface area contributed by atoms with E-state index in [9.17, 15) is 18.0 Å². The average molecular weight is 410 g/mol. The van der Waals surface area contributed by atoms with Gasteiger partial charge >= 0.3 is 6.18 Å². The van der Waals surface area contributed by atoms with Crippen molar-refractivity contribution in [2.75, 3.05) is 0 Å². The molecule has 0 unspecified atom stereocenters. The van der Waals surface area contributed by atoms with Crippen molar-refractivity contribution < 1.29 is 18.0 Å². The molecule has 4 rings (SSSR count). The standard InChI is InChI=1S/C24H21F3N2O/c25-24(26,27)22-13-18(15-6-3-7-19(10-15)23(28)30)8-9-20(22)14-29-21-11-16-4-1-2-5-17(16)12-21/h1-10,13,21,29H,11-12,14H2,(H2,28,30). The molecule has 0 heterocycles. The number of primary amides is 1. The fourth-order valence-corrected chi connectivity index (χ4v) is 3.98. The lowest BCUT2D eigenvalue weighted by atomic mass is 9.97. The predicted molar refractivity (Wildman–Crippen MR) is 110 cm³/mol. The van der Waals surface area contributed by atoms with Gasteiger partial charge in [0, 0.05) is 18.2 Å². The van der Waals surface area contributed by atoms with E-state index in [1.165, 1.54) is 29.3 Å². The highest BCUT2D eigenvalue weighted by Crippen LogP contribution is 2.35. The third-order valence-electron chi connectivity index (χ3n) is 5.53. The molecule has 1 amide bonds. The first-order valence-electron chi connectivity index (χ1n) is 9.72. The number of fused-ring (bicyclic) bond motifs is 1. The molecule has 1 aliphatic carbocycles. The maximum atomic E-state index is 13.8. The van der Waals surface area contributed by atoms with Gasteiger partial charge in [-0.3, -0.25) is 4.79 Å². The first-order valence-corrected chi connectivity index (χ1v) is 9.72. The molecule has 3 nitrogen and oxygen atoms in total. The minimum atomic E-state index is -4.48. The Balaban J connectivity index is 1.57. The summed E-state index contributed by atoms with van der Waals surface area (Å²) in [6.07, 6.45) is -2.85. The van der Waals surface area contributed by atoms with E-state index in [0.29, 0.717) is 11.1 Å². The van der Waals surface area contributed by atoms with E-state index < -0.39 is 17.6 Å². The molecule has 6 heteroatoms. The number of amides is 1. The molecule has 0 bridgehead atoms. The van der Waals surface area contributed by atoms with Crippen LogP contribution in [0.2, 0.25) is 0 Å². The molecule has 30 heavy (non-hydrogen) atoms. The van der Waals surface area contributed by atoms with Crippen LogP contribution >= 0.6 is 0 Å². The van der Waals surface area contributed by atoms with Gasteiger partial charge in [-0.2, -0.15) is 13.2 Å². The van der Waals surface area contributed by atoms with Gasteiger partial charge in [0.1, 0.15) is 0 Å². The number of carbonyl (C=O) groups is 1. The summed E-state index contributed by atoms with van der Waals surface area (Å²) < 4.78 is 41.3. The van der Waals surface area contributed by atoms with E-state index in [2.05, 4.69) is 17.4 Å². The normalized spacial score (nSPS) is 14.0. The number of hydrogen-bond acceptors (Lipinski definition) is 2. The summed E-state index contributed by atoms with van der Waals surface area (Å²) in [6, 6.07) is 18.8. The average Bonchev–Trinajstić information content (AvgIpc) is 3.14. The number of nitrogens with one attached hydrogen (secondary N) is 1. The lowest BCUT2D eigenvalue weighted by Crippen LogP contribution is -2.30. The number of alkyl halides is 3. The summed E-state index contributed by atoms with van der Waals surface area (Å²) in [4.78, 5) is 11.4. The van der Waals surface area contributed by atoms with Crippen LogP contribution in [0, 0.1) is 0 Å². The topological polar surface area (TPSA) is 55.1 Å². The Morgan fingerprint density at radius 2 is 1.60 bits per heavy atom. The molecular formula is C24H21F3N2O. The number of hydrogen-bond donors (Lipinski definition) is 2. The second-order valence-electron chi connectivity index (χ2n) is 7.57. The first kappa shape index (κ1) is 20.2. The van der Waals surface area contributed by atoms with Gasteiger partial charge in [-0.05, 0) is 58.9 Å². The third-order valence-corrected chi connectivity index (χ3v) is 5.53. The van der Waals surface area contributed by atoms with Gasteiger partial charge in [0.05, 0.1) is 5.56 Å². The van der Waals surface area contributed by atoms with E-state index in [4.69, 9.17) is 5.73 Å². The molecule has 0 saturated carbocycles. The number of benzene rings is 3. The summed E-state index contributed by atoms with van der Waals surface area (Å²) in [5, 5.41) is 3.28. The predicted octanol–water partition coefficient (Wildman–Crippen LogP) is 4.73. The van der Waals surface area contributed by atoms with E-state index in [-0.39, 0.29) is 23.7 Å². The van der Waals surface area contributed by atoms with Crippen molar-refractivity contribution in [3.63, 3.8) is 0 Å². The molecule has 3 aromatic carbocycles. The Morgan fingerprint density at radius 3 is 2.23 bits per heavy atom. The number of nitrogens with two attached hydrogens (primary N) is 1. The summed E-state index contributed by atoms with van der Waals surface area (Å²) in [7, 11) is 0. The smallest absolute Gasteiger partial charge is 0.366 e. The van der Waals surface area contributed by atoms with Gasteiger partial charge in [-0.15, -0.1) is 0 Å². The zero-order valence-electron chi connectivity index (χ0n) is 16.2. The zero-order chi connectivity index (χ0) is 21.3. The fourth-order valence-electron chi connectivity index (χ4n) is 3.98. The van der Waals surface area contributed by atoms with Crippen LogP contribution in [0.25, 0.3) is 11.1 Å². The Morgan fingerprint density at radius 1 is 0.933 bits per heavy atom. The molecule has 3 N–H and O–H groups in total. The van der Waals surface area contributed by atoms with Crippen molar-refractivity contribution in [3.05, 3.63) is 94.5 Å². The first-order chi connectivity index (χ1) is 14.3. The third kappa shape index (κ3) is 4.24. The monoisotopic (exact) mass is 410 g/mol. The van der Waals surface area contributed by atoms with Crippen LogP contribution in [-0.4, -0.2) is 11.9 Å². The number of carbonyl (C=O) groups excluding carboxylic acids is 1. The Kier molecular flexibility index (Phi) is 5.35. The molecular weight excluding hydrogens is 389 g/mol. The van der Waals surface area contributed by atoms with E-state index in [1.54, 1.807) is 18.2 Å². The lowest BCUT2D eigenvalue weighted by Gasteiger charge is -2.18. The van der Waals surface area contributed by atoms with E-state index >= 15 is 0 Å². The van der Waals surface area contributed by atoms with Crippen molar-refractivity contribution in [1.82, 2.24) is 5.32 Å². The maximum Gasteiger partial charge on any atom is 0.416 e. The van der Waals surface area contributed by atoms with Crippen LogP contribution in [0.4, 0.5) is 13.2 Å². The van der Waals surface area contributed by atoms with Crippen molar-refractivity contribution in [3.8, 4) is 11.1 Å². The highest BCUT2D eigenvalue weighted by Gasteiger charge is 2.34. The second-order valence-corrected chi connectivity index (χ2v) is 7.57. The molecule has 0 fully saturated rings. The fraction of sp³-hybridized carbons (Fsp3) is 0.208. The minimum absolute atomic E-state index is 0.121. The van der Waals surface area contributed by atoms with Crippen molar-refractivity contribution in [2.24, 2.45) is 5.73 Å². The van der Waals surface area contributed by atoms with Crippen LogP contribution in [0.15, 0.2) is 66.7 Å². The second kappa shape index (κ2) is 7.95. The summed E-state index contributed by atoms with van der Waals surface area (Å²) in [6.45, 7) is 0.134. The van der Waals surface area contributed by atoms with E-state index in [0.717, 1.165) is 18.9 Å². The van der Waals surface area contributed by atoms with Crippen LogP contribution < -0.4 is 11.1 Å². The highest BCUT2D eigenvalue weighted by atomic mass is 19.4. The molecule has 0 aromatic heterocycles. The van der Waals surface area contributed by atoms with Gasteiger partial charge in [-0.25, -0.2) is 0 Å². The van der Waals surface area contributed by atoms with Gasteiger partial charge in [0.25, 0.3) is 0 Å². The van der Waals surface area contributed by atoms with E-state index in [1.807, 2.05) is 12.1 Å². The molecule has 0 radical (unpaired) electrons. The van der Waals surface area contributed by atoms with Crippen molar-refractivity contribution in [2.45, 2.75) is 31.6 Å². The molecule has 0 atom stereocenters. The zero-order valence-corrected chi connectivity index (χ0v) is 16.2. The van der Waals surface area contributed by atoms with Gasteiger partial charge < -0.3 is 11.1 Å². The Bertz CT molecular complexity index is 1070. The van der Waals surface area contributed by atoms with Crippen LogP contribution in [-0.2, 0) is 25.6 Å². The SMILES string of the molecule is NC(=O)c1cccc(-c2ccc(CNC3Cc4ccccc4C3)c(C(F)(F)F)c2)c1. The van der Waals surface area contributed by atoms with Gasteiger partial charge in [0.2, 0.25) is 5.91 Å². The Labute approximate surface area is 172 Å². The molecule has 154 valence electrons. The van der Waals surface area contributed by atoms with Crippen LogP contribution in [0.5, 0.6) is 0 Å².